The highest BCUT2D eigenvalue weighted by Crippen LogP contribution is 2.41. The van der Waals surface area contributed by atoms with Crippen LogP contribution in [0.2, 0.25) is 0 Å². The fraction of sp³-hybridized carbons (Fsp3) is 0.370. The van der Waals surface area contributed by atoms with Crippen molar-refractivity contribution in [2.45, 2.75) is 44.2 Å². The molecular formula is C27H30FN5O4S. The first-order chi connectivity index (χ1) is 18.1. The van der Waals surface area contributed by atoms with Gasteiger partial charge in [0.15, 0.2) is 5.03 Å². The molecule has 1 saturated carbocycles. The number of benzene rings is 1. The van der Waals surface area contributed by atoms with Gasteiger partial charge in [0.2, 0.25) is 0 Å². The fourth-order valence-corrected chi connectivity index (χ4v) is 6.00. The zero-order valence-corrected chi connectivity index (χ0v) is 22.0. The first kappa shape index (κ1) is 25.9. The van der Waals surface area contributed by atoms with Crippen molar-refractivity contribution in [2.75, 3.05) is 23.8 Å². The van der Waals surface area contributed by atoms with Gasteiger partial charge in [0.25, 0.3) is 15.9 Å². The summed E-state index contributed by atoms with van der Waals surface area (Å²) in [5, 5.41) is -0.356. The third-order valence-corrected chi connectivity index (χ3v) is 8.03. The molecule has 5 rings (SSSR count). The number of carbonyl (C=O) groups is 1. The number of fused-ring (bicyclic) bond motifs is 2. The van der Waals surface area contributed by atoms with Crippen molar-refractivity contribution in [1.82, 2.24) is 14.7 Å². The maximum atomic E-state index is 14.5. The van der Waals surface area contributed by atoms with E-state index in [1.54, 1.807) is 12.1 Å². The maximum Gasteiger partial charge on any atom is 0.281 e. The van der Waals surface area contributed by atoms with E-state index in [1.165, 1.54) is 36.4 Å². The second kappa shape index (κ2) is 10.2. The zero-order chi connectivity index (χ0) is 27.0. The number of nitrogens with two attached hydrogens (primary N) is 1. The molecule has 2 atom stereocenters. The van der Waals surface area contributed by atoms with Crippen LogP contribution < -0.4 is 20.1 Å². The summed E-state index contributed by atoms with van der Waals surface area (Å²) in [7, 11) is -4.27. The molecule has 38 heavy (non-hydrogen) atoms. The number of nitrogen functional groups attached to an aromatic ring is 1. The molecule has 1 aromatic carbocycles. The van der Waals surface area contributed by atoms with E-state index in [4.69, 9.17) is 15.5 Å². The molecule has 200 valence electrons. The number of nitrogens with one attached hydrogen (secondary N) is 1. The summed E-state index contributed by atoms with van der Waals surface area (Å²) < 4.78 is 48.0. The van der Waals surface area contributed by atoms with Gasteiger partial charge in [0, 0.05) is 24.2 Å². The predicted octanol–water partition coefficient (Wildman–Crippen LogP) is 4.01. The monoisotopic (exact) mass is 539 g/mol. The summed E-state index contributed by atoms with van der Waals surface area (Å²) in [4.78, 5) is 24.0. The Labute approximate surface area is 221 Å². The molecule has 1 aliphatic carbocycles. The summed E-state index contributed by atoms with van der Waals surface area (Å²) in [6.45, 7) is 5.17. The summed E-state index contributed by atoms with van der Waals surface area (Å²) in [5.41, 5.74) is 6.69. The van der Waals surface area contributed by atoms with E-state index in [-0.39, 0.29) is 28.4 Å². The maximum absolute atomic E-state index is 14.5. The van der Waals surface area contributed by atoms with E-state index in [2.05, 4.69) is 14.6 Å². The van der Waals surface area contributed by atoms with Crippen molar-refractivity contribution in [1.29, 1.82) is 0 Å². The van der Waals surface area contributed by atoms with Crippen LogP contribution in [0.15, 0.2) is 53.6 Å². The highest BCUT2D eigenvalue weighted by molar-refractivity contribution is 7.90. The van der Waals surface area contributed by atoms with E-state index in [1.807, 2.05) is 13.8 Å². The minimum atomic E-state index is -4.27. The third kappa shape index (κ3) is 5.42. The Kier molecular flexibility index (Phi) is 6.95. The number of ether oxygens (including phenoxy) is 1. The van der Waals surface area contributed by atoms with Crippen molar-refractivity contribution < 1.29 is 22.3 Å². The summed E-state index contributed by atoms with van der Waals surface area (Å²) in [6.07, 6.45) is 3.07. The molecule has 2 aliphatic rings. The van der Waals surface area contributed by atoms with Crippen LogP contribution in [-0.4, -0.2) is 43.5 Å². The van der Waals surface area contributed by atoms with Gasteiger partial charge in [0.05, 0.1) is 17.9 Å². The Balaban J connectivity index is 1.51. The first-order valence-electron chi connectivity index (χ1n) is 12.6. The van der Waals surface area contributed by atoms with Gasteiger partial charge >= 0.3 is 0 Å². The summed E-state index contributed by atoms with van der Waals surface area (Å²) in [6, 6.07) is 11.9. The van der Waals surface area contributed by atoms with Gasteiger partial charge in [0.1, 0.15) is 23.2 Å². The van der Waals surface area contributed by atoms with Gasteiger partial charge in [-0.15, -0.1) is 0 Å². The lowest BCUT2D eigenvalue weighted by Gasteiger charge is -2.30. The minimum Gasteiger partial charge on any atom is -0.493 e. The number of carbonyl (C=O) groups excluding carboxylic acids is 1. The van der Waals surface area contributed by atoms with Crippen LogP contribution in [0.3, 0.4) is 0 Å². The van der Waals surface area contributed by atoms with Gasteiger partial charge in [-0.25, -0.2) is 19.1 Å². The van der Waals surface area contributed by atoms with E-state index >= 15 is 0 Å². The van der Waals surface area contributed by atoms with E-state index in [0.717, 1.165) is 25.8 Å². The summed E-state index contributed by atoms with van der Waals surface area (Å²) >= 11 is 0. The lowest BCUT2D eigenvalue weighted by molar-refractivity contribution is 0.0981. The lowest BCUT2D eigenvalue weighted by atomic mass is 10.1. The highest BCUT2D eigenvalue weighted by atomic mass is 32.2. The molecule has 2 bridgehead atoms. The lowest BCUT2D eigenvalue weighted by Crippen LogP contribution is -2.37. The van der Waals surface area contributed by atoms with Crippen LogP contribution in [0.5, 0.6) is 5.75 Å². The van der Waals surface area contributed by atoms with Crippen LogP contribution in [-0.2, 0) is 10.0 Å². The van der Waals surface area contributed by atoms with Gasteiger partial charge in [-0.2, -0.15) is 8.42 Å². The van der Waals surface area contributed by atoms with Crippen LogP contribution in [0.1, 0.15) is 43.5 Å². The molecule has 0 unspecified atom stereocenters. The number of rotatable bonds is 8. The fourth-order valence-electron chi connectivity index (χ4n) is 5.06. The number of hydrogen-bond acceptors (Lipinski definition) is 8. The van der Waals surface area contributed by atoms with Crippen LogP contribution >= 0.6 is 0 Å². The van der Waals surface area contributed by atoms with Crippen LogP contribution in [0.4, 0.5) is 16.0 Å². The summed E-state index contributed by atoms with van der Waals surface area (Å²) in [5.74, 6) is 0.252. The molecule has 0 spiro atoms. The number of aromatic nitrogens is 2. The molecule has 9 nitrogen and oxygen atoms in total. The van der Waals surface area contributed by atoms with E-state index < -0.39 is 21.7 Å². The molecule has 2 fully saturated rings. The molecule has 1 aliphatic heterocycles. The number of amides is 1. The molecule has 3 aromatic rings. The minimum absolute atomic E-state index is 0.0203. The molecular weight excluding hydrogens is 509 g/mol. The van der Waals surface area contributed by atoms with Crippen LogP contribution in [0.25, 0.3) is 11.3 Å². The first-order valence-corrected chi connectivity index (χ1v) is 14.1. The number of pyridine rings is 2. The number of nitrogens with zero attached hydrogens (tertiary/aromatic N) is 3. The Morgan fingerprint density at radius 2 is 2.00 bits per heavy atom. The SMILES string of the molecule is CC(C)COc1cc(F)cc(-c2ccc(C(=O)NS(=O)(=O)c3cccc(N)n3)c(N3C[C@@H]4CC[C@H]3C4)n2)c1. The largest absolute Gasteiger partial charge is 0.493 e. The Morgan fingerprint density at radius 1 is 1.18 bits per heavy atom. The van der Waals surface area contributed by atoms with Crippen molar-refractivity contribution in [2.24, 2.45) is 11.8 Å². The molecule has 2 aromatic heterocycles. The number of piperidine rings is 1. The smallest absolute Gasteiger partial charge is 0.281 e. The standard InChI is InChI=1S/C27H30FN5O4S/c1-16(2)15-37-21-12-18(11-19(28)13-21)23-9-8-22(26(30-23)33-14-17-6-7-20(33)10-17)27(34)32-38(35,36)25-5-3-4-24(29)31-25/h3-5,8-9,11-13,16-17,20H,6-7,10,14-15H2,1-2H3,(H2,29,31)(H,32,34)/t17-,20+/m1/s1. The van der Waals surface area contributed by atoms with Gasteiger partial charge in [-0.05, 0) is 67.5 Å². The van der Waals surface area contributed by atoms with Crippen molar-refractivity contribution in [3.05, 3.63) is 59.9 Å². The van der Waals surface area contributed by atoms with E-state index in [0.29, 0.717) is 35.3 Å². The second-order valence-corrected chi connectivity index (χ2v) is 11.9. The van der Waals surface area contributed by atoms with Crippen molar-refractivity contribution in [3.63, 3.8) is 0 Å². The van der Waals surface area contributed by atoms with Crippen molar-refractivity contribution in [3.8, 4) is 17.0 Å². The molecule has 11 heteroatoms. The number of sulfonamides is 1. The topological polar surface area (TPSA) is 128 Å². The Morgan fingerprint density at radius 3 is 2.68 bits per heavy atom. The number of anilines is 2. The zero-order valence-electron chi connectivity index (χ0n) is 21.2. The van der Waals surface area contributed by atoms with E-state index in [9.17, 15) is 17.6 Å². The molecule has 1 amide bonds. The molecule has 3 N–H and O–H groups in total. The average molecular weight is 540 g/mol. The van der Waals surface area contributed by atoms with Crippen molar-refractivity contribution >= 4 is 27.6 Å². The highest BCUT2D eigenvalue weighted by Gasteiger charge is 2.40. The molecule has 1 saturated heterocycles. The molecule has 3 heterocycles. The third-order valence-electron chi connectivity index (χ3n) is 6.80. The predicted molar refractivity (Wildman–Crippen MR) is 142 cm³/mol. The normalized spacial score (nSPS) is 18.7. The van der Waals surface area contributed by atoms with Gasteiger partial charge in [-0.1, -0.05) is 19.9 Å². The number of hydrogen-bond donors (Lipinski definition) is 2. The van der Waals surface area contributed by atoms with Crippen LogP contribution in [0, 0.1) is 17.7 Å². The second-order valence-electron chi connectivity index (χ2n) is 10.3. The molecule has 0 radical (unpaired) electrons. The number of halogens is 1. The Bertz CT molecular complexity index is 1480. The van der Waals surface area contributed by atoms with Gasteiger partial charge in [-0.3, -0.25) is 4.79 Å². The quantitative estimate of drug-likeness (QED) is 0.440. The Hall–Kier alpha value is -3.73. The average Bonchev–Trinajstić information content (AvgIpc) is 3.51. The van der Waals surface area contributed by atoms with Gasteiger partial charge < -0.3 is 15.4 Å².